The van der Waals surface area contributed by atoms with Crippen molar-refractivity contribution >= 4 is 26.8 Å². The Morgan fingerprint density at radius 2 is 2.21 bits per heavy atom. The van der Waals surface area contributed by atoms with Crippen molar-refractivity contribution in [1.82, 2.24) is 20.4 Å². The molecule has 1 unspecified atom stereocenters. The van der Waals surface area contributed by atoms with Crippen molar-refractivity contribution in [3.05, 3.63) is 35.9 Å². The van der Waals surface area contributed by atoms with Crippen LogP contribution in [0.3, 0.4) is 0 Å². The van der Waals surface area contributed by atoms with Gasteiger partial charge in [-0.15, -0.1) is 0 Å². The maximum absolute atomic E-state index is 13.6. The Balaban J connectivity index is 1.57. The number of ether oxygens (including phenoxy) is 1. The summed E-state index contributed by atoms with van der Waals surface area (Å²) < 4.78 is 47.4. The molecule has 0 aliphatic carbocycles. The second kappa shape index (κ2) is 7.39. The first-order valence-corrected chi connectivity index (χ1v) is 10.7. The van der Waals surface area contributed by atoms with Crippen LogP contribution in [-0.4, -0.2) is 53.6 Å². The van der Waals surface area contributed by atoms with Gasteiger partial charge < -0.3 is 14.6 Å². The zero-order chi connectivity index (χ0) is 20.6. The Morgan fingerprint density at radius 3 is 2.93 bits per heavy atom. The van der Waals surface area contributed by atoms with Gasteiger partial charge in [-0.2, -0.15) is 9.97 Å². The summed E-state index contributed by atoms with van der Waals surface area (Å²) in [6.07, 6.45) is 0.375. The van der Waals surface area contributed by atoms with Crippen molar-refractivity contribution in [2.45, 2.75) is 19.4 Å². The lowest BCUT2D eigenvalue weighted by atomic mass is 10.1. The minimum atomic E-state index is -3.10. The average molecular weight is 420 g/mol. The summed E-state index contributed by atoms with van der Waals surface area (Å²) in [5.41, 5.74) is 0.882. The molecule has 1 aromatic carbocycles. The van der Waals surface area contributed by atoms with E-state index in [4.69, 9.17) is 9.26 Å². The molecular formula is C18H17FN4O5S. The largest absolute Gasteiger partial charge is 0.467 e. The number of benzene rings is 1. The highest BCUT2D eigenvalue weighted by atomic mass is 32.2. The van der Waals surface area contributed by atoms with Crippen molar-refractivity contribution in [2.24, 2.45) is 0 Å². The maximum atomic E-state index is 13.6. The number of sulfone groups is 1. The Labute approximate surface area is 165 Å². The highest BCUT2D eigenvalue weighted by Crippen LogP contribution is 2.33. The van der Waals surface area contributed by atoms with Gasteiger partial charge in [0.1, 0.15) is 22.7 Å². The van der Waals surface area contributed by atoms with Crippen LogP contribution in [0.1, 0.15) is 12.2 Å². The molecule has 1 aliphatic heterocycles. The van der Waals surface area contributed by atoms with Gasteiger partial charge in [-0.1, -0.05) is 17.3 Å². The van der Waals surface area contributed by atoms with Crippen LogP contribution in [0.4, 0.5) is 4.39 Å². The van der Waals surface area contributed by atoms with Gasteiger partial charge in [-0.3, -0.25) is 4.79 Å². The Morgan fingerprint density at radius 1 is 1.38 bits per heavy atom. The van der Waals surface area contributed by atoms with Crippen molar-refractivity contribution in [3.8, 4) is 17.1 Å². The molecule has 0 bridgehead atoms. The molecule has 4 rings (SSSR count). The monoisotopic (exact) mass is 420 g/mol. The number of rotatable bonds is 5. The van der Waals surface area contributed by atoms with Gasteiger partial charge in [0.15, 0.2) is 16.4 Å². The molecule has 9 nitrogen and oxygen atoms in total. The highest BCUT2D eigenvalue weighted by Gasteiger charge is 2.29. The third-order valence-electron chi connectivity index (χ3n) is 4.45. The number of halogens is 1. The van der Waals surface area contributed by atoms with Crippen LogP contribution in [0.15, 0.2) is 28.8 Å². The minimum Gasteiger partial charge on any atom is -0.467 e. The van der Waals surface area contributed by atoms with Crippen molar-refractivity contribution in [3.63, 3.8) is 0 Å². The average Bonchev–Trinajstić information content (AvgIpc) is 3.22. The molecule has 152 valence electrons. The van der Waals surface area contributed by atoms with E-state index in [-0.39, 0.29) is 35.4 Å². The number of fused-ring (bicyclic) bond motifs is 1. The predicted octanol–water partition coefficient (Wildman–Crippen LogP) is 1.41. The number of hydrogen-bond donors (Lipinski definition) is 1. The fourth-order valence-corrected chi connectivity index (χ4v) is 4.85. The summed E-state index contributed by atoms with van der Waals surface area (Å²) in [5.74, 6) is -0.521. The highest BCUT2D eigenvalue weighted by molar-refractivity contribution is 7.91. The quantitative estimate of drug-likeness (QED) is 0.657. The fraction of sp³-hybridized carbons (Fsp3) is 0.333. The molecule has 0 saturated carbocycles. The third kappa shape index (κ3) is 4.19. The number of aromatic nitrogens is 3. The molecule has 1 N–H and O–H groups in total. The van der Waals surface area contributed by atoms with E-state index in [9.17, 15) is 17.6 Å². The Hall–Kier alpha value is -3.08. The number of nitrogens with one attached hydrogen (secondary N) is 1. The van der Waals surface area contributed by atoms with Crippen LogP contribution >= 0.6 is 0 Å². The lowest BCUT2D eigenvalue weighted by Crippen LogP contribution is -2.38. The van der Waals surface area contributed by atoms with Crippen LogP contribution in [0.5, 0.6) is 5.88 Å². The second-order valence-electron chi connectivity index (χ2n) is 6.75. The van der Waals surface area contributed by atoms with Gasteiger partial charge in [0.2, 0.25) is 5.88 Å². The molecular weight excluding hydrogens is 403 g/mol. The molecule has 3 aromatic rings. The lowest BCUT2D eigenvalue weighted by molar-refractivity contribution is -0.123. The number of amides is 1. The van der Waals surface area contributed by atoms with Gasteiger partial charge in [-0.05, 0) is 25.5 Å². The smallest absolute Gasteiger partial charge is 0.265 e. The molecule has 0 spiro atoms. The standard InChI is InChI=1S/C18H17FN4O5S/c1-10-20-17(27-8-14(24)22-13-5-6-29(25,26)9-13)15-16(23-28-18(15)21-10)11-3-2-4-12(19)7-11/h2-4,7,13H,5-6,8-9H2,1H3,(H,22,24). The molecule has 1 atom stereocenters. The van der Waals surface area contributed by atoms with Crippen LogP contribution in [0.2, 0.25) is 0 Å². The molecule has 11 heteroatoms. The van der Waals surface area contributed by atoms with Crippen LogP contribution in [0.25, 0.3) is 22.4 Å². The first kappa shape index (κ1) is 19.2. The Kier molecular flexibility index (Phi) is 4.91. The molecule has 29 heavy (non-hydrogen) atoms. The zero-order valence-electron chi connectivity index (χ0n) is 15.4. The van der Waals surface area contributed by atoms with Gasteiger partial charge in [0, 0.05) is 11.6 Å². The number of carbonyl (C=O) groups excluding carboxylic acids is 1. The fourth-order valence-electron chi connectivity index (χ4n) is 3.17. The van der Waals surface area contributed by atoms with Crippen molar-refractivity contribution < 1.29 is 26.9 Å². The minimum absolute atomic E-state index is 0.0578. The topological polar surface area (TPSA) is 124 Å². The molecule has 2 aromatic heterocycles. The predicted molar refractivity (Wildman–Crippen MR) is 100 cm³/mol. The summed E-state index contributed by atoms with van der Waals surface area (Å²) in [6, 6.07) is 5.34. The number of hydrogen-bond acceptors (Lipinski definition) is 8. The van der Waals surface area contributed by atoms with Crippen molar-refractivity contribution in [2.75, 3.05) is 18.1 Å². The van der Waals surface area contributed by atoms with Gasteiger partial charge in [0.25, 0.3) is 11.6 Å². The molecule has 3 heterocycles. The molecule has 1 aliphatic rings. The summed E-state index contributed by atoms with van der Waals surface area (Å²) in [4.78, 5) is 20.5. The van der Waals surface area contributed by atoms with Gasteiger partial charge >= 0.3 is 0 Å². The van der Waals surface area contributed by atoms with Gasteiger partial charge in [-0.25, -0.2) is 12.8 Å². The first-order valence-electron chi connectivity index (χ1n) is 8.83. The summed E-state index contributed by atoms with van der Waals surface area (Å²) >= 11 is 0. The van der Waals surface area contributed by atoms with E-state index in [2.05, 4.69) is 20.4 Å². The van der Waals surface area contributed by atoms with Crippen molar-refractivity contribution in [1.29, 1.82) is 0 Å². The van der Waals surface area contributed by atoms with E-state index >= 15 is 0 Å². The molecule has 1 amide bonds. The van der Waals surface area contributed by atoms with E-state index in [1.54, 1.807) is 13.0 Å². The number of carbonyl (C=O) groups is 1. The van der Waals surface area contributed by atoms with Crippen LogP contribution < -0.4 is 10.1 Å². The van der Waals surface area contributed by atoms with E-state index in [0.29, 0.717) is 23.2 Å². The molecule has 1 saturated heterocycles. The second-order valence-corrected chi connectivity index (χ2v) is 8.98. The lowest BCUT2D eigenvalue weighted by Gasteiger charge is -2.12. The summed E-state index contributed by atoms with van der Waals surface area (Å²) in [6.45, 7) is 1.25. The van der Waals surface area contributed by atoms with Crippen LogP contribution in [-0.2, 0) is 14.6 Å². The van der Waals surface area contributed by atoms with E-state index in [1.807, 2.05) is 0 Å². The third-order valence-corrected chi connectivity index (χ3v) is 6.22. The summed E-state index contributed by atoms with van der Waals surface area (Å²) in [5, 5.41) is 6.90. The van der Waals surface area contributed by atoms with E-state index in [0.717, 1.165) is 0 Å². The molecule has 0 radical (unpaired) electrons. The summed E-state index contributed by atoms with van der Waals surface area (Å²) in [7, 11) is -3.10. The number of aryl methyl sites for hydroxylation is 1. The Bertz CT molecular complexity index is 1190. The van der Waals surface area contributed by atoms with Gasteiger partial charge in [0.05, 0.1) is 11.5 Å². The maximum Gasteiger partial charge on any atom is 0.265 e. The SMILES string of the molecule is Cc1nc(OCC(=O)NC2CCS(=O)(=O)C2)c2c(-c3cccc(F)c3)noc2n1. The molecule has 1 fully saturated rings. The van der Waals surface area contributed by atoms with E-state index in [1.165, 1.54) is 18.2 Å². The normalized spacial score (nSPS) is 18.1. The first-order chi connectivity index (χ1) is 13.8. The zero-order valence-corrected chi connectivity index (χ0v) is 16.2. The van der Waals surface area contributed by atoms with Crippen LogP contribution in [0, 0.1) is 12.7 Å². The van der Waals surface area contributed by atoms with E-state index < -0.39 is 27.6 Å². The number of nitrogens with zero attached hydrogens (tertiary/aromatic N) is 3.